The third-order valence-electron chi connectivity index (χ3n) is 13.7. The maximum absolute atomic E-state index is 5.47. The van der Waals surface area contributed by atoms with Crippen LogP contribution in [-0.4, -0.2) is 19.9 Å². The number of nitrogens with one attached hydrogen (secondary N) is 2. The van der Waals surface area contributed by atoms with Gasteiger partial charge >= 0.3 is 0 Å². The van der Waals surface area contributed by atoms with Crippen molar-refractivity contribution in [3.63, 3.8) is 0 Å². The predicted octanol–water partition coefficient (Wildman–Crippen LogP) is 17.7. The molecule has 8 bridgehead atoms. The van der Waals surface area contributed by atoms with Gasteiger partial charge in [0.25, 0.3) is 0 Å². The topological polar surface area (TPSA) is 57.4 Å². The number of H-pyrrole nitrogens is 2. The summed E-state index contributed by atoms with van der Waals surface area (Å²) in [5, 5.41) is 4.90. The zero-order valence-corrected chi connectivity index (χ0v) is 41.9. The molecule has 2 aliphatic heterocycles. The van der Waals surface area contributed by atoms with Crippen LogP contribution in [0.25, 0.3) is 102 Å². The van der Waals surface area contributed by atoms with Gasteiger partial charge in [0.15, 0.2) is 0 Å². The summed E-state index contributed by atoms with van der Waals surface area (Å²) in [6.07, 6.45) is 13.2. The lowest BCUT2D eigenvalue weighted by molar-refractivity contribution is 0.568. The molecule has 0 aliphatic carbocycles. The lowest BCUT2D eigenvalue weighted by atomic mass is 9.78. The molecule has 0 atom stereocenters. The number of aromatic nitrogens is 4. The van der Waals surface area contributed by atoms with Gasteiger partial charge in [-0.2, -0.15) is 0 Å². The largest absolute Gasteiger partial charge is 0.355 e. The molecule has 0 radical (unpaired) electrons. The van der Waals surface area contributed by atoms with E-state index in [1.54, 1.807) is 0 Å². The van der Waals surface area contributed by atoms with Gasteiger partial charge in [-0.15, -0.1) is 0 Å². The van der Waals surface area contributed by atoms with E-state index in [-0.39, 0.29) is 21.7 Å². The molecular weight excluding hydrogens is 825 g/mol. The molecule has 0 saturated carbocycles. The second-order valence-electron chi connectivity index (χ2n) is 23.1. The van der Waals surface area contributed by atoms with Crippen LogP contribution in [0.4, 0.5) is 0 Å². The van der Waals surface area contributed by atoms with Crippen molar-refractivity contribution in [2.75, 3.05) is 0 Å². The molecule has 0 fully saturated rings. The Bertz CT molecular complexity index is 3470. The van der Waals surface area contributed by atoms with Crippen LogP contribution in [0.15, 0.2) is 121 Å². The molecule has 3 aromatic heterocycles. The predicted molar refractivity (Wildman–Crippen MR) is 295 cm³/mol. The monoisotopic (exact) mass is 889 g/mol. The smallest absolute Gasteiger partial charge is 0.0736 e. The van der Waals surface area contributed by atoms with E-state index in [9.17, 15) is 0 Å². The van der Waals surface area contributed by atoms with Crippen LogP contribution >= 0.6 is 0 Å². The number of nitrogens with zero attached hydrogens (tertiary/aromatic N) is 2. The van der Waals surface area contributed by atoms with Crippen molar-refractivity contribution in [2.45, 2.75) is 105 Å². The summed E-state index contributed by atoms with van der Waals surface area (Å²) in [6.45, 7) is 27.6. The molecule has 68 heavy (non-hydrogen) atoms. The van der Waals surface area contributed by atoms with Crippen molar-refractivity contribution in [1.82, 2.24) is 19.9 Å². The van der Waals surface area contributed by atoms with Gasteiger partial charge in [0.2, 0.25) is 0 Å². The van der Waals surface area contributed by atoms with Crippen molar-refractivity contribution >= 4 is 80.1 Å². The Labute approximate surface area is 402 Å². The molecule has 340 valence electrons. The average Bonchev–Trinajstić information content (AvgIpc) is 4.11. The van der Waals surface area contributed by atoms with Crippen LogP contribution < -0.4 is 0 Å². The standard InChI is InChI=1S/C64H64N4/c1-61(2,3)44-30-42(31-45(35-44)62(4,5)6)59-54-26-22-48(65-54)37-49-23-27-56(66-49)60(43-32-46(63(7,8)9)36-47(33-43)64(10,11)12)58-34-41(57(68-58)38-50-24-28-55(59)67-50)21-25-53-51-19-15-13-17-39(51)29-40-18-14-16-20-52(40)53/h13-38,65,68H,1-12H3/b25-21+,48-37?,49-37?,50-38?,57-38?,59-54?,59-55?,60-56?,60-58?. The van der Waals surface area contributed by atoms with Gasteiger partial charge in [-0.1, -0.05) is 180 Å². The first kappa shape index (κ1) is 44.8. The third-order valence-corrected chi connectivity index (χ3v) is 13.7. The molecule has 2 N–H and O–H groups in total. The fraction of sp³-hybridized carbons (Fsp3) is 0.250. The minimum absolute atomic E-state index is 0.0467. The quantitative estimate of drug-likeness (QED) is 0.173. The van der Waals surface area contributed by atoms with Gasteiger partial charge in [-0.25, -0.2) is 9.97 Å². The SMILES string of the molecule is CC(C)(C)c1cc(-c2c3nc(cc4[nH]c(cc4/C=C/c4c5ccccc5cc5ccccc45)c(-c4cc(C(C)(C)C)cc(C(C)(C)C)c4)c4nc(cc5ccc2[nH]5)C=C4)C=C3)cc(C(C)(C)C)c1. The number of benzene rings is 5. The van der Waals surface area contributed by atoms with Crippen molar-refractivity contribution < 1.29 is 0 Å². The van der Waals surface area contributed by atoms with E-state index in [0.29, 0.717) is 0 Å². The van der Waals surface area contributed by atoms with Gasteiger partial charge in [0, 0.05) is 38.8 Å². The van der Waals surface area contributed by atoms with Crippen LogP contribution in [0.3, 0.4) is 0 Å². The highest BCUT2D eigenvalue weighted by Crippen LogP contribution is 2.41. The fourth-order valence-electron chi connectivity index (χ4n) is 9.58. The molecule has 5 heterocycles. The van der Waals surface area contributed by atoms with E-state index >= 15 is 0 Å². The first-order chi connectivity index (χ1) is 32.2. The van der Waals surface area contributed by atoms with E-state index in [2.05, 4.69) is 251 Å². The zero-order valence-electron chi connectivity index (χ0n) is 41.9. The van der Waals surface area contributed by atoms with Crippen LogP contribution in [0.5, 0.6) is 0 Å². The van der Waals surface area contributed by atoms with Crippen LogP contribution in [0, 0.1) is 0 Å². The van der Waals surface area contributed by atoms with Crippen molar-refractivity contribution in [2.24, 2.45) is 0 Å². The van der Waals surface area contributed by atoms with Gasteiger partial charge in [0.05, 0.1) is 22.8 Å². The molecule has 4 nitrogen and oxygen atoms in total. The zero-order chi connectivity index (χ0) is 47.9. The van der Waals surface area contributed by atoms with Crippen LogP contribution in [0.1, 0.15) is 139 Å². The Morgan fingerprint density at radius 2 is 0.868 bits per heavy atom. The molecule has 0 spiro atoms. The minimum atomic E-state index is -0.0677. The molecule has 0 saturated heterocycles. The second-order valence-corrected chi connectivity index (χ2v) is 23.1. The highest BCUT2D eigenvalue weighted by atomic mass is 14.8. The van der Waals surface area contributed by atoms with E-state index in [4.69, 9.17) is 9.97 Å². The highest BCUT2D eigenvalue weighted by Gasteiger charge is 2.25. The average molecular weight is 889 g/mol. The van der Waals surface area contributed by atoms with Crippen molar-refractivity contribution in [3.05, 3.63) is 177 Å². The molecule has 0 unspecified atom stereocenters. The Kier molecular flexibility index (Phi) is 10.8. The maximum atomic E-state index is 5.47. The summed E-state index contributed by atoms with van der Waals surface area (Å²) in [5.74, 6) is 0. The molecule has 5 aromatic carbocycles. The highest BCUT2D eigenvalue weighted by molar-refractivity contribution is 6.08. The minimum Gasteiger partial charge on any atom is -0.355 e. The summed E-state index contributed by atoms with van der Waals surface area (Å²) in [4.78, 5) is 18.7. The second kappa shape index (κ2) is 16.3. The summed E-state index contributed by atoms with van der Waals surface area (Å²) in [6, 6.07) is 45.0. The van der Waals surface area contributed by atoms with Crippen LogP contribution in [-0.2, 0) is 21.7 Å². The number of fused-ring (bicyclic) bond motifs is 10. The first-order valence-electron chi connectivity index (χ1n) is 24.2. The van der Waals surface area contributed by atoms with Crippen molar-refractivity contribution in [3.8, 4) is 22.3 Å². The number of aromatic amines is 2. The van der Waals surface area contributed by atoms with E-state index in [1.807, 2.05) is 0 Å². The lowest BCUT2D eigenvalue weighted by Gasteiger charge is -2.26. The van der Waals surface area contributed by atoms with E-state index in [0.717, 1.165) is 72.7 Å². The Morgan fingerprint density at radius 3 is 1.37 bits per heavy atom. The third kappa shape index (κ3) is 8.69. The Morgan fingerprint density at radius 1 is 0.397 bits per heavy atom. The number of hydrogen-bond donors (Lipinski definition) is 2. The molecule has 8 aromatic rings. The van der Waals surface area contributed by atoms with Crippen molar-refractivity contribution in [1.29, 1.82) is 0 Å². The number of rotatable bonds is 4. The van der Waals surface area contributed by atoms with E-state index in [1.165, 1.54) is 49.4 Å². The summed E-state index contributed by atoms with van der Waals surface area (Å²) in [5.41, 5.74) is 19.2. The van der Waals surface area contributed by atoms with Gasteiger partial charge in [-0.05, 0) is 143 Å². The molecule has 2 aliphatic rings. The molecule has 0 amide bonds. The Balaban J connectivity index is 1.31. The summed E-state index contributed by atoms with van der Waals surface area (Å²) >= 11 is 0. The fourth-order valence-corrected chi connectivity index (χ4v) is 9.58. The lowest BCUT2D eigenvalue weighted by Crippen LogP contribution is -2.16. The first-order valence-corrected chi connectivity index (χ1v) is 24.2. The normalized spacial score (nSPS) is 13.4. The van der Waals surface area contributed by atoms with Crippen LogP contribution in [0.2, 0.25) is 0 Å². The molecular formula is C64H64N4. The summed E-state index contributed by atoms with van der Waals surface area (Å²) in [7, 11) is 0. The van der Waals surface area contributed by atoms with Gasteiger partial charge < -0.3 is 9.97 Å². The maximum Gasteiger partial charge on any atom is 0.0736 e. The molecule has 4 heteroatoms. The van der Waals surface area contributed by atoms with E-state index < -0.39 is 0 Å². The number of hydrogen-bond acceptors (Lipinski definition) is 2. The van der Waals surface area contributed by atoms with Gasteiger partial charge in [0.1, 0.15) is 0 Å². The summed E-state index contributed by atoms with van der Waals surface area (Å²) < 4.78 is 0. The van der Waals surface area contributed by atoms with Gasteiger partial charge in [-0.3, -0.25) is 0 Å². The molecule has 10 rings (SSSR count). The Hall–Kier alpha value is -7.04.